The lowest BCUT2D eigenvalue weighted by Crippen LogP contribution is -1.98. The van der Waals surface area contributed by atoms with E-state index < -0.39 is 0 Å². The van der Waals surface area contributed by atoms with Gasteiger partial charge in [-0.25, -0.2) is 0 Å². The molecule has 1 aromatic rings. The Morgan fingerprint density at radius 2 is 1.94 bits per heavy atom. The van der Waals surface area contributed by atoms with Crippen LogP contribution in [0.1, 0.15) is 55.4 Å². The van der Waals surface area contributed by atoms with Gasteiger partial charge in [0.25, 0.3) is 0 Å². The first-order valence-electron chi connectivity index (χ1n) is 7.00. The zero-order valence-corrected chi connectivity index (χ0v) is 10.9. The smallest absolute Gasteiger partial charge is 0.0134 e. The summed E-state index contributed by atoms with van der Waals surface area (Å²) in [5, 5.41) is 0. The van der Waals surface area contributed by atoms with Crippen molar-refractivity contribution in [2.45, 2.75) is 46.0 Å². The van der Waals surface area contributed by atoms with Crippen LogP contribution in [0.15, 0.2) is 18.2 Å². The van der Waals surface area contributed by atoms with Gasteiger partial charge in [-0.05, 0) is 59.4 Å². The van der Waals surface area contributed by atoms with Gasteiger partial charge >= 0.3 is 0 Å². The van der Waals surface area contributed by atoms with Crippen LogP contribution in [0, 0.1) is 12.3 Å². The Labute approximate surface area is 105 Å². The summed E-state index contributed by atoms with van der Waals surface area (Å²) in [4.78, 5) is 0. The maximum atomic E-state index is 2.47. The zero-order valence-electron chi connectivity index (χ0n) is 10.9. The molecular formula is C17H21. The minimum absolute atomic E-state index is 0.706. The molecule has 0 bridgehead atoms. The summed E-state index contributed by atoms with van der Waals surface area (Å²) < 4.78 is 0. The Morgan fingerprint density at radius 1 is 1.18 bits per heavy atom. The van der Waals surface area contributed by atoms with Crippen LogP contribution in [0.3, 0.4) is 0 Å². The summed E-state index contributed by atoms with van der Waals surface area (Å²) in [7, 11) is 0. The molecule has 0 heteroatoms. The van der Waals surface area contributed by atoms with E-state index in [1.54, 1.807) is 16.7 Å². The van der Waals surface area contributed by atoms with E-state index in [4.69, 9.17) is 0 Å². The van der Waals surface area contributed by atoms with E-state index in [1.165, 1.54) is 43.2 Å². The van der Waals surface area contributed by atoms with Gasteiger partial charge in [0.2, 0.25) is 0 Å². The lowest BCUT2D eigenvalue weighted by molar-refractivity contribution is 0.650. The van der Waals surface area contributed by atoms with Crippen LogP contribution in [0.5, 0.6) is 0 Å². The third-order valence-corrected chi connectivity index (χ3v) is 4.27. The third-order valence-electron chi connectivity index (χ3n) is 4.27. The first-order chi connectivity index (χ1) is 8.29. The molecule has 2 aliphatic carbocycles. The van der Waals surface area contributed by atoms with Crippen LogP contribution in [0.25, 0.3) is 5.57 Å². The fourth-order valence-corrected chi connectivity index (χ4v) is 3.32. The molecule has 2 aliphatic rings. The van der Waals surface area contributed by atoms with Crippen molar-refractivity contribution < 1.29 is 0 Å². The predicted octanol–water partition coefficient (Wildman–Crippen LogP) is 4.56. The molecule has 0 saturated heterocycles. The van der Waals surface area contributed by atoms with Crippen molar-refractivity contribution >= 4 is 5.57 Å². The molecule has 89 valence electrons. The van der Waals surface area contributed by atoms with E-state index in [1.807, 2.05) is 0 Å². The van der Waals surface area contributed by atoms with Crippen molar-refractivity contribution in [1.82, 2.24) is 0 Å². The Kier molecular flexibility index (Phi) is 2.82. The summed E-state index contributed by atoms with van der Waals surface area (Å²) in [5.74, 6) is 0.706. The van der Waals surface area contributed by atoms with Crippen molar-refractivity contribution in [3.8, 4) is 0 Å². The van der Waals surface area contributed by atoms with E-state index in [2.05, 4.69) is 38.5 Å². The number of hydrogen-bond donors (Lipinski definition) is 0. The standard InChI is InChI=1S/C17H21/c1-3-5-12(2)16-9-8-15-10-13-6-4-7-14(13)11-17(15)16/h8-12H,3-7H2,1-2H3. The van der Waals surface area contributed by atoms with Gasteiger partial charge in [-0.1, -0.05) is 38.5 Å². The fourth-order valence-electron chi connectivity index (χ4n) is 3.32. The maximum Gasteiger partial charge on any atom is 0.0134 e. The fraction of sp³-hybridized carbons (Fsp3) is 0.471. The van der Waals surface area contributed by atoms with Crippen LogP contribution in [-0.2, 0) is 12.8 Å². The molecule has 1 aromatic carbocycles. The van der Waals surface area contributed by atoms with E-state index in [0.29, 0.717) is 5.92 Å². The monoisotopic (exact) mass is 225 g/mol. The number of allylic oxidation sites excluding steroid dienone is 2. The molecule has 0 spiro atoms. The Balaban J connectivity index is 1.95. The van der Waals surface area contributed by atoms with Gasteiger partial charge in [0.15, 0.2) is 0 Å². The van der Waals surface area contributed by atoms with E-state index in [9.17, 15) is 0 Å². The average molecular weight is 225 g/mol. The highest BCUT2D eigenvalue weighted by Crippen LogP contribution is 2.38. The lowest BCUT2D eigenvalue weighted by atomic mass is 9.90. The van der Waals surface area contributed by atoms with Gasteiger partial charge in [0.1, 0.15) is 0 Å². The predicted molar refractivity (Wildman–Crippen MR) is 73.9 cm³/mol. The van der Waals surface area contributed by atoms with Crippen molar-refractivity contribution in [1.29, 1.82) is 0 Å². The number of fused-ring (bicyclic) bond motifs is 2. The molecule has 0 amide bonds. The topological polar surface area (TPSA) is 0 Å². The molecule has 0 nitrogen and oxygen atoms in total. The normalized spacial score (nSPS) is 18.8. The number of benzene rings is 1. The highest BCUT2D eigenvalue weighted by atomic mass is 14.3. The molecule has 1 atom stereocenters. The number of rotatable bonds is 3. The van der Waals surface area contributed by atoms with Gasteiger partial charge in [0, 0.05) is 6.42 Å². The summed E-state index contributed by atoms with van der Waals surface area (Å²) in [6.45, 7) is 4.64. The molecule has 17 heavy (non-hydrogen) atoms. The van der Waals surface area contributed by atoms with Crippen molar-refractivity contribution in [3.63, 3.8) is 0 Å². The quantitative estimate of drug-likeness (QED) is 0.707. The molecule has 3 rings (SSSR count). The van der Waals surface area contributed by atoms with Gasteiger partial charge in [0.05, 0.1) is 0 Å². The average Bonchev–Trinajstić information content (AvgIpc) is 2.91. The molecule has 0 aliphatic heterocycles. The molecule has 0 aromatic heterocycles. The van der Waals surface area contributed by atoms with Crippen LogP contribution >= 0.6 is 0 Å². The van der Waals surface area contributed by atoms with Crippen LogP contribution < -0.4 is 0 Å². The van der Waals surface area contributed by atoms with Gasteiger partial charge < -0.3 is 0 Å². The second kappa shape index (κ2) is 4.33. The van der Waals surface area contributed by atoms with Crippen molar-refractivity contribution in [3.05, 3.63) is 46.9 Å². The molecule has 1 unspecified atom stereocenters. The molecule has 0 heterocycles. The van der Waals surface area contributed by atoms with E-state index in [0.717, 1.165) is 0 Å². The molecule has 0 saturated carbocycles. The van der Waals surface area contributed by atoms with Crippen LogP contribution in [0.4, 0.5) is 0 Å². The molecule has 0 N–H and O–H groups in total. The highest BCUT2D eigenvalue weighted by molar-refractivity contribution is 5.78. The minimum Gasteiger partial charge on any atom is -0.0720 e. The van der Waals surface area contributed by atoms with Crippen molar-refractivity contribution in [2.75, 3.05) is 0 Å². The summed E-state index contributed by atoms with van der Waals surface area (Å²) in [6.07, 6.45) is 11.2. The third kappa shape index (κ3) is 1.84. The largest absolute Gasteiger partial charge is 0.0720 e. The molecule has 0 fully saturated rings. The van der Waals surface area contributed by atoms with Crippen LogP contribution in [-0.4, -0.2) is 0 Å². The summed E-state index contributed by atoms with van der Waals surface area (Å²) >= 11 is 0. The molecule has 1 radical (unpaired) electrons. The van der Waals surface area contributed by atoms with E-state index >= 15 is 0 Å². The van der Waals surface area contributed by atoms with Crippen LogP contribution in [0.2, 0.25) is 0 Å². The Morgan fingerprint density at radius 3 is 2.71 bits per heavy atom. The molecular weight excluding hydrogens is 204 g/mol. The lowest BCUT2D eigenvalue weighted by Gasteiger charge is -2.15. The first-order valence-corrected chi connectivity index (χ1v) is 7.00. The minimum atomic E-state index is 0.706. The second-order valence-corrected chi connectivity index (χ2v) is 5.54. The number of aryl methyl sites for hydroxylation is 2. The van der Waals surface area contributed by atoms with Gasteiger partial charge in [-0.3, -0.25) is 0 Å². The summed E-state index contributed by atoms with van der Waals surface area (Å²) in [5.41, 5.74) is 7.75. The maximum absolute atomic E-state index is 2.47. The van der Waals surface area contributed by atoms with Crippen molar-refractivity contribution in [2.24, 2.45) is 5.92 Å². The highest BCUT2D eigenvalue weighted by Gasteiger charge is 2.22. The summed E-state index contributed by atoms with van der Waals surface area (Å²) in [6, 6.07) is 4.90. The Bertz CT molecular complexity index is 465. The van der Waals surface area contributed by atoms with Gasteiger partial charge in [-0.2, -0.15) is 0 Å². The number of hydrogen-bond acceptors (Lipinski definition) is 0. The Hall–Kier alpha value is -1.04. The van der Waals surface area contributed by atoms with E-state index in [-0.39, 0.29) is 0 Å². The SMILES string of the molecule is CCCC(C)C1=C[CH]c2cc3c(cc21)CCC3. The first kappa shape index (κ1) is 11.1. The second-order valence-electron chi connectivity index (χ2n) is 5.54. The van der Waals surface area contributed by atoms with Gasteiger partial charge in [-0.15, -0.1) is 0 Å². The zero-order chi connectivity index (χ0) is 11.8.